The maximum atomic E-state index is 13.4. The van der Waals surface area contributed by atoms with Crippen LogP contribution in [-0.2, 0) is 23.9 Å². The van der Waals surface area contributed by atoms with E-state index < -0.39 is 12.0 Å². The predicted molar refractivity (Wildman–Crippen MR) is 140 cm³/mol. The summed E-state index contributed by atoms with van der Waals surface area (Å²) in [6.45, 7) is 16.2. The molecule has 35 heavy (non-hydrogen) atoms. The van der Waals surface area contributed by atoms with Gasteiger partial charge in [0.1, 0.15) is 18.7 Å². The van der Waals surface area contributed by atoms with Gasteiger partial charge in [0.15, 0.2) is 0 Å². The number of nitrogens with one attached hydrogen (secondary N) is 1. The van der Waals surface area contributed by atoms with Crippen LogP contribution in [0.5, 0.6) is 0 Å². The van der Waals surface area contributed by atoms with Crippen LogP contribution < -0.4 is 5.32 Å². The number of rotatable bonds is 18. The van der Waals surface area contributed by atoms with Crippen molar-refractivity contribution in [1.29, 1.82) is 0 Å². The van der Waals surface area contributed by atoms with Crippen LogP contribution in [0.15, 0.2) is 0 Å². The van der Waals surface area contributed by atoms with Gasteiger partial charge in [-0.05, 0) is 38.0 Å². The Kier molecular flexibility index (Phi) is 17.1. The van der Waals surface area contributed by atoms with E-state index in [0.29, 0.717) is 19.5 Å². The van der Waals surface area contributed by atoms with Crippen LogP contribution in [0.25, 0.3) is 0 Å². The molecule has 0 fully saturated rings. The Morgan fingerprint density at radius 2 is 1.31 bits per heavy atom. The van der Waals surface area contributed by atoms with Crippen LogP contribution in [0.3, 0.4) is 0 Å². The van der Waals surface area contributed by atoms with E-state index in [0.717, 1.165) is 38.5 Å². The molecule has 0 aliphatic rings. The third kappa shape index (κ3) is 12.4. The van der Waals surface area contributed by atoms with Gasteiger partial charge in [-0.25, -0.2) is 0 Å². The molecule has 204 valence electrons. The van der Waals surface area contributed by atoms with Crippen LogP contribution >= 0.6 is 0 Å². The molecular formula is C27H51N3O5. The van der Waals surface area contributed by atoms with Gasteiger partial charge in [-0.15, -0.1) is 0 Å². The maximum Gasteiger partial charge on any atom is 0.325 e. The third-order valence-corrected chi connectivity index (χ3v) is 6.52. The number of amides is 3. The van der Waals surface area contributed by atoms with Gasteiger partial charge in [-0.3, -0.25) is 19.2 Å². The molecule has 0 rings (SSSR count). The first-order valence-electron chi connectivity index (χ1n) is 13.6. The SMILES string of the molecule is CCCCN(CC(=O)OC(CC)CC)C(=O)CN(CCCC)C(=O)C(CC)NC(=O)C(C)C(C)C. The Hall–Kier alpha value is -2.12. The molecule has 0 saturated heterocycles. The van der Waals surface area contributed by atoms with Gasteiger partial charge in [-0.2, -0.15) is 0 Å². The first-order chi connectivity index (χ1) is 16.6. The molecule has 0 radical (unpaired) electrons. The second-order valence-corrected chi connectivity index (χ2v) is 9.71. The molecule has 0 aliphatic heterocycles. The van der Waals surface area contributed by atoms with E-state index in [1.807, 2.05) is 55.4 Å². The highest BCUT2D eigenvalue weighted by Gasteiger charge is 2.29. The molecule has 3 amide bonds. The zero-order valence-corrected chi connectivity index (χ0v) is 23.5. The Bertz CT molecular complexity index is 649. The third-order valence-electron chi connectivity index (χ3n) is 6.52. The summed E-state index contributed by atoms with van der Waals surface area (Å²) in [7, 11) is 0. The zero-order valence-electron chi connectivity index (χ0n) is 23.5. The molecule has 0 aliphatic carbocycles. The van der Waals surface area contributed by atoms with Crippen LogP contribution in [-0.4, -0.2) is 71.8 Å². The summed E-state index contributed by atoms with van der Waals surface area (Å²) >= 11 is 0. The van der Waals surface area contributed by atoms with Crippen LogP contribution in [0, 0.1) is 11.8 Å². The minimum Gasteiger partial charge on any atom is -0.461 e. The predicted octanol–water partition coefficient (Wildman–Crippen LogP) is 4.16. The Labute approximate surface area is 213 Å². The summed E-state index contributed by atoms with van der Waals surface area (Å²) < 4.78 is 5.51. The molecule has 8 nitrogen and oxygen atoms in total. The lowest BCUT2D eigenvalue weighted by Crippen LogP contribution is -2.53. The first kappa shape index (κ1) is 32.9. The molecule has 0 bridgehead atoms. The Balaban J connectivity index is 5.51. The molecule has 0 aromatic heterocycles. The second-order valence-electron chi connectivity index (χ2n) is 9.71. The number of carbonyl (C=O) groups is 4. The summed E-state index contributed by atoms with van der Waals surface area (Å²) in [5.74, 6) is -1.16. The molecular weight excluding hydrogens is 446 g/mol. The minimum absolute atomic E-state index is 0.118. The standard InChI is InChI=1S/C27H51N3O5/c1-9-14-16-29(19-25(32)35-22(11-3)12-4)24(31)18-30(17-15-10-2)27(34)23(13-5)28-26(33)21(8)20(6)7/h20-23H,9-19H2,1-8H3,(H,28,33). The topological polar surface area (TPSA) is 96.0 Å². The van der Waals surface area contributed by atoms with E-state index in [1.54, 1.807) is 0 Å². The highest BCUT2D eigenvalue weighted by molar-refractivity contribution is 5.91. The van der Waals surface area contributed by atoms with Crippen molar-refractivity contribution in [3.8, 4) is 0 Å². The fraction of sp³-hybridized carbons (Fsp3) is 0.852. The monoisotopic (exact) mass is 497 g/mol. The largest absolute Gasteiger partial charge is 0.461 e. The van der Waals surface area contributed by atoms with Gasteiger partial charge >= 0.3 is 5.97 Å². The molecule has 0 heterocycles. The highest BCUT2D eigenvalue weighted by atomic mass is 16.5. The summed E-state index contributed by atoms with van der Waals surface area (Å²) in [6.07, 6.45) is 4.98. The van der Waals surface area contributed by atoms with Gasteiger partial charge in [0.25, 0.3) is 0 Å². The van der Waals surface area contributed by atoms with Crippen LogP contribution in [0.4, 0.5) is 0 Å². The summed E-state index contributed by atoms with van der Waals surface area (Å²) in [5, 5.41) is 2.88. The number of ether oxygens (including phenoxy) is 1. The van der Waals surface area contributed by atoms with E-state index in [-0.39, 0.29) is 48.8 Å². The Morgan fingerprint density at radius 1 is 0.771 bits per heavy atom. The molecule has 0 saturated carbocycles. The molecule has 1 N–H and O–H groups in total. The Morgan fingerprint density at radius 3 is 1.77 bits per heavy atom. The number of hydrogen-bond donors (Lipinski definition) is 1. The molecule has 2 atom stereocenters. The van der Waals surface area contributed by atoms with Gasteiger partial charge in [0, 0.05) is 19.0 Å². The van der Waals surface area contributed by atoms with Crippen molar-refractivity contribution in [2.75, 3.05) is 26.2 Å². The lowest BCUT2D eigenvalue weighted by Gasteiger charge is -2.30. The lowest BCUT2D eigenvalue weighted by atomic mass is 9.96. The van der Waals surface area contributed by atoms with Crippen molar-refractivity contribution in [2.45, 2.75) is 112 Å². The minimum atomic E-state index is -0.683. The highest BCUT2D eigenvalue weighted by Crippen LogP contribution is 2.12. The number of unbranched alkanes of at least 4 members (excludes halogenated alkanes) is 2. The zero-order chi connectivity index (χ0) is 27.0. The van der Waals surface area contributed by atoms with Crippen LogP contribution in [0.2, 0.25) is 0 Å². The van der Waals surface area contributed by atoms with Gasteiger partial charge in [0.05, 0.1) is 6.54 Å². The number of carbonyl (C=O) groups excluding carboxylic acids is 4. The summed E-state index contributed by atoms with van der Waals surface area (Å²) in [5.41, 5.74) is 0. The van der Waals surface area contributed by atoms with Crippen molar-refractivity contribution >= 4 is 23.7 Å². The normalized spacial score (nSPS) is 12.9. The summed E-state index contributed by atoms with van der Waals surface area (Å²) in [6, 6.07) is -0.683. The number of nitrogens with zero attached hydrogens (tertiary/aromatic N) is 2. The number of hydrogen-bond acceptors (Lipinski definition) is 5. The number of esters is 1. The quantitative estimate of drug-likeness (QED) is 0.287. The lowest BCUT2D eigenvalue weighted by molar-refractivity contribution is -0.155. The second kappa shape index (κ2) is 18.2. The van der Waals surface area contributed by atoms with Crippen molar-refractivity contribution in [3.63, 3.8) is 0 Å². The van der Waals surface area contributed by atoms with Crippen molar-refractivity contribution in [3.05, 3.63) is 0 Å². The van der Waals surface area contributed by atoms with E-state index in [2.05, 4.69) is 5.32 Å². The van der Waals surface area contributed by atoms with E-state index in [4.69, 9.17) is 4.74 Å². The van der Waals surface area contributed by atoms with E-state index >= 15 is 0 Å². The molecule has 0 aromatic rings. The smallest absolute Gasteiger partial charge is 0.325 e. The molecule has 0 aromatic carbocycles. The average molecular weight is 498 g/mol. The fourth-order valence-electron chi connectivity index (χ4n) is 3.52. The van der Waals surface area contributed by atoms with Crippen LogP contribution in [0.1, 0.15) is 100 Å². The molecule has 2 unspecified atom stereocenters. The van der Waals surface area contributed by atoms with Gasteiger partial charge in [0.2, 0.25) is 17.7 Å². The van der Waals surface area contributed by atoms with E-state index in [1.165, 1.54) is 9.80 Å². The average Bonchev–Trinajstić information content (AvgIpc) is 2.84. The van der Waals surface area contributed by atoms with E-state index in [9.17, 15) is 19.2 Å². The van der Waals surface area contributed by atoms with Crippen molar-refractivity contribution in [2.24, 2.45) is 11.8 Å². The van der Waals surface area contributed by atoms with Crippen molar-refractivity contribution in [1.82, 2.24) is 15.1 Å². The van der Waals surface area contributed by atoms with Gasteiger partial charge in [-0.1, -0.05) is 68.2 Å². The van der Waals surface area contributed by atoms with Gasteiger partial charge < -0.3 is 19.9 Å². The fourth-order valence-corrected chi connectivity index (χ4v) is 3.52. The molecule has 8 heteroatoms. The molecule has 0 spiro atoms. The maximum absolute atomic E-state index is 13.4. The summed E-state index contributed by atoms with van der Waals surface area (Å²) in [4.78, 5) is 54.7. The van der Waals surface area contributed by atoms with Crippen molar-refractivity contribution < 1.29 is 23.9 Å². The first-order valence-corrected chi connectivity index (χ1v) is 13.6.